The highest BCUT2D eigenvalue weighted by atomic mass is 19.1. The van der Waals surface area contributed by atoms with Crippen LogP contribution in [0.3, 0.4) is 0 Å². The second kappa shape index (κ2) is 8.88. The lowest BCUT2D eigenvalue weighted by Gasteiger charge is -2.28. The van der Waals surface area contributed by atoms with E-state index < -0.39 is 17.7 Å². The minimum Gasteiger partial charge on any atom is -0.454 e. The molecule has 164 valence electrons. The van der Waals surface area contributed by atoms with Crippen LogP contribution < -0.4 is 20.7 Å². The molecule has 3 N–H and O–H groups in total. The molecule has 1 aliphatic rings. The molecular formula is C22H19F2N5O3. The lowest BCUT2D eigenvalue weighted by atomic mass is 10.2. The van der Waals surface area contributed by atoms with Gasteiger partial charge in [-0.25, -0.2) is 23.4 Å². The molecule has 32 heavy (non-hydrogen) atoms. The molecule has 0 radical (unpaired) electrons. The average molecular weight is 439 g/mol. The van der Waals surface area contributed by atoms with E-state index in [4.69, 9.17) is 4.74 Å². The summed E-state index contributed by atoms with van der Waals surface area (Å²) in [4.78, 5) is 29.8. The first-order chi connectivity index (χ1) is 15.4. The van der Waals surface area contributed by atoms with Crippen LogP contribution in [0.25, 0.3) is 0 Å². The number of fused-ring (bicyclic) bond motifs is 1. The normalized spacial score (nSPS) is 12.6. The third kappa shape index (κ3) is 4.59. The lowest BCUT2D eigenvalue weighted by molar-refractivity contribution is 0.209. The number of anilines is 3. The number of carbonyl (C=O) groups is 2. The fraction of sp³-hybridized carbons (Fsp3) is 0.136. The van der Waals surface area contributed by atoms with Gasteiger partial charge in [0.25, 0.3) is 0 Å². The van der Waals surface area contributed by atoms with E-state index in [-0.39, 0.29) is 29.7 Å². The molecule has 8 nitrogen and oxygen atoms in total. The Morgan fingerprint density at radius 2 is 1.91 bits per heavy atom. The number of aromatic nitrogens is 1. The Hall–Kier alpha value is -4.21. The first-order valence-corrected chi connectivity index (χ1v) is 9.77. The van der Waals surface area contributed by atoms with E-state index in [1.807, 2.05) is 6.92 Å². The Balaban J connectivity index is 1.47. The van der Waals surface area contributed by atoms with Crippen molar-refractivity contribution in [1.82, 2.24) is 9.88 Å². The molecule has 3 aromatic rings. The van der Waals surface area contributed by atoms with Gasteiger partial charge in [0, 0.05) is 30.2 Å². The molecule has 0 atom stereocenters. The SMILES string of the molecule is CCN1Cc2c(Oc3ccc(NC(=O)Nc4cccc(F)c4)cc3F)ccnc2NC1=O. The van der Waals surface area contributed by atoms with Crippen molar-refractivity contribution in [2.24, 2.45) is 0 Å². The second-order valence-corrected chi connectivity index (χ2v) is 6.92. The maximum absolute atomic E-state index is 14.7. The predicted octanol–water partition coefficient (Wildman–Crippen LogP) is 5.16. The van der Waals surface area contributed by atoms with Crippen molar-refractivity contribution in [3.63, 3.8) is 0 Å². The molecule has 0 unspecified atom stereocenters. The molecule has 0 saturated heterocycles. The summed E-state index contributed by atoms with van der Waals surface area (Å²) in [7, 11) is 0. The van der Waals surface area contributed by atoms with Crippen LogP contribution in [0.2, 0.25) is 0 Å². The van der Waals surface area contributed by atoms with Crippen LogP contribution >= 0.6 is 0 Å². The number of halogens is 2. The Labute approximate surface area is 182 Å². The van der Waals surface area contributed by atoms with Gasteiger partial charge in [-0.3, -0.25) is 5.32 Å². The van der Waals surface area contributed by atoms with Crippen molar-refractivity contribution >= 4 is 29.3 Å². The number of amides is 4. The molecule has 0 saturated carbocycles. The van der Waals surface area contributed by atoms with E-state index in [1.54, 1.807) is 11.0 Å². The number of benzene rings is 2. The van der Waals surface area contributed by atoms with Crippen molar-refractivity contribution in [2.45, 2.75) is 13.5 Å². The van der Waals surface area contributed by atoms with E-state index in [0.29, 0.717) is 23.7 Å². The van der Waals surface area contributed by atoms with Crippen molar-refractivity contribution in [3.8, 4) is 11.5 Å². The number of ether oxygens (including phenoxy) is 1. The van der Waals surface area contributed by atoms with Gasteiger partial charge in [0.05, 0.1) is 12.1 Å². The minimum absolute atomic E-state index is 0.0607. The van der Waals surface area contributed by atoms with Crippen LogP contribution in [0.4, 0.5) is 35.6 Å². The Kier molecular flexibility index (Phi) is 5.84. The Morgan fingerprint density at radius 3 is 2.62 bits per heavy atom. The van der Waals surface area contributed by atoms with Crippen LogP contribution in [0, 0.1) is 11.6 Å². The monoisotopic (exact) mass is 439 g/mol. The fourth-order valence-corrected chi connectivity index (χ4v) is 3.17. The predicted molar refractivity (Wildman–Crippen MR) is 115 cm³/mol. The van der Waals surface area contributed by atoms with Crippen molar-refractivity contribution in [3.05, 3.63) is 71.9 Å². The molecule has 2 heterocycles. The fourth-order valence-electron chi connectivity index (χ4n) is 3.17. The molecular weight excluding hydrogens is 420 g/mol. The zero-order valence-corrected chi connectivity index (χ0v) is 17.0. The summed E-state index contributed by atoms with van der Waals surface area (Å²) in [5.41, 5.74) is 1.08. The van der Waals surface area contributed by atoms with Gasteiger partial charge in [-0.05, 0) is 43.3 Å². The van der Waals surface area contributed by atoms with E-state index >= 15 is 0 Å². The highest BCUT2D eigenvalue weighted by molar-refractivity contribution is 5.99. The summed E-state index contributed by atoms with van der Waals surface area (Å²) in [5.74, 6) is -0.530. The van der Waals surface area contributed by atoms with Crippen LogP contribution in [0.1, 0.15) is 12.5 Å². The van der Waals surface area contributed by atoms with E-state index in [2.05, 4.69) is 20.9 Å². The van der Waals surface area contributed by atoms with Crippen LogP contribution in [0.15, 0.2) is 54.7 Å². The molecule has 0 spiro atoms. The molecule has 0 aliphatic carbocycles. The van der Waals surface area contributed by atoms with Gasteiger partial charge >= 0.3 is 12.1 Å². The Bertz CT molecular complexity index is 1190. The highest BCUT2D eigenvalue weighted by Crippen LogP contribution is 2.34. The van der Waals surface area contributed by atoms with Gasteiger partial charge < -0.3 is 20.3 Å². The van der Waals surface area contributed by atoms with E-state index in [1.165, 1.54) is 36.5 Å². The minimum atomic E-state index is -0.702. The third-order valence-corrected chi connectivity index (χ3v) is 4.75. The molecule has 4 rings (SSSR count). The topological polar surface area (TPSA) is 95.6 Å². The van der Waals surface area contributed by atoms with E-state index in [0.717, 1.165) is 12.1 Å². The van der Waals surface area contributed by atoms with Gasteiger partial charge in [0.2, 0.25) is 0 Å². The number of carbonyl (C=O) groups excluding carboxylic acids is 2. The molecule has 1 aromatic heterocycles. The third-order valence-electron chi connectivity index (χ3n) is 4.75. The summed E-state index contributed by atoms with van der Waals surface area (Å²) in [5, 5.41) is 7.62. The molecule has 10 heteroatoms. The average Bonchev–Trinajstić information content (AvgIpc) is 2.75. The largest absolute Gasteiger partial charge is 0.454 e. The van der Waals surface area contributed by atoms with Gasteiger partial charge in [0.15, 0.2) is 11.6 Å². The summed E-state index contributed by atoms with van der Waals surface area (Å²) in [6.45, 7) is 2.62. The number of rotatable bonds is 5. The first kappa shape index (κ1) is 21.0. The number of hydrogen-bond acceptors (Lipinski definition) is 4. The Morgan fingerprint density at radius 1 is 1.12 bits per heavy atom. The molecule has 0 fully saturated rings. The summed E-state index contributed by atoms with van der Waals surface area (Å²) in [6.07, 6.45) is 1.46. The summed E-state index contributed by atoms with van der Waals surface area (Å²) in [6, 6.07) is 10.0. The molecule has 4 amide bonds. The van der Waals surface area contributed by atoms with Crippen molar-refractivity contribution < 1.29 is 23.1 Å². The number of nitrogens with zero attached hydrogens (tertiary/aromatic N) is 2. The van der Waals surface area contributed by atoms with Crippen molar-refractivity contribution in [2.75, 3.05) is 22.5 Å². The smallest absolute Gasteiger partial charge is 0.323 e. The summed E-state index contributed by atoms with van der Waals surface area (Å²) >= 11 is 0. The van der Waals surface area contributed by atoms with Gasteiger partial charge in [-0.1, -0.05) is 6.07 Å². The van der Waals surface area contributed by atoms with Crippen LogP contribution in [0.5, 0.6) is 11.5 Å². The van der Waals surface area contributed by atoms with Gasteiger partial charge in [0.1, 0.15) is 17.4 Å². The maximum Gasteiger partial charge on any atom is 0.323 e. The molecule has 0 bridgehead atoms. The highest BCUT2D eigenvalue weighted by Gasteiger charge is 2.25. The standard InChI is InChI=1S/C22H19F2N5O3/c1-2-29-12-16-18(8-9-25-20(16)28-22(29)31)32-19-7-6-15(11-17(19)24)27-21(30)26-14-5-3-4-13(23)10-14/h3-11H,2,12H2,1H3,(H,25,28,31)(H2,26,27,30). The molecule has 2 aromatic carbocycles. The molecule has 1 aliphatic heterocycles. The van der Waals surface area contributed by atoms with E-state index in [9.17, 15) is 18.4 Å². The number of nitrogens with one attached hydrogen (secondary N) is 3. The number of pyridine rings is 1. The summed E-state index contributed by atoms with van der Waals surface area (Å²) < 4.78 is 33.6. The van der Waals surface area contributed by atoms with Crippen LogP contribution in [-0.4, -0.2) is 28.5 Å². The zero-order chi connectivity index (χ0) is 22.7. The number of urea groups is 2. The quantitative estimate of drug-likeness (QED) is 0.512. The van der Waals surface area contributed by atoms with Crippen molar-refractivity contribution in [1.29, 1.82) is 0 Å². The first-order valence-electron chi connectivity index (χ1n) is 9.77. The van der Waals surface area contributed by atoms with Gasteiger partial charge in [-0.2, -0.15) is 0 Å². The van der Waals surface area contributed by atoms with Gasteiger partial charge in [-0.15, -0.1) is 0 Å². The zero-order valence-electron chi connectivity index (χ0n) is 17.0. The second-order valence-electron chi connectivity index (χ2n) is 6.92. The van der Waals surface area contributed by atoms with Crippen LogP contribution in [-0.2, 0) is 6.54 Å². The maximum atomic E-state index is 14.7. The lowest BCUT2D eigenvalue weighted by Crippen LogP contribution is -2.38. The number of hydrogen-bond donors (Lipinski definition) is 3.